The van der Waals surface area contributed by atoms with Crippen LogP contribution in [0.3, 0.4) is 0 Å². The summed E-state index contributed by atoms with van der Waals surface area (Å²) in [7, 11) is 4.10. The van der Waals surface area contributed by atoms with Crippen molar-refractivity contribution in [1.82, 2.24) is 4.90 Å². The second kappa shape index (κ2) is 8.05. The van der Waals surface area contributed by atoms with Gasteiger partial charge in [-0.2, -0.15) is 0 Å². The number of rotatable bonds is 3. The zero-order valence-corrected chi connectivity index (χ0v) is 11.3. The van der Waals surface area contributed by atoms with Crippen LogP contribution in [-0.2, 0) is 11.8 Å². The zero-order chi connectivity index (χ0) is 14.7. The molecule has 0 amide bonds. The Morgan fingerprint density at radius 1 is 0.889 bits per heavy atom. The summed E-state index contributed by atoms with van der Waals surface area (Å²) in [6.07, 6.45) is 1.10. The second-order valence-corrected chi connectivity index (χ2v) is 7.22. The number of hydrogen-bond acceptors (Lipinski definition) is 7. The molecule has 0 bridgehead atoms. The van der Waals surface area contributed by atoms with E-state index < -0.39 is 11.8 Å². The van der Waals surface area contributed by atoms with Crippen LogP contribution in [0.1, 0.15) is 6.42 Å². The monoisotopic (exact) mass is 288 g/mol. The van der Waals surface area contributed by atoms with Gasteiger partial charge in [-0.1, -0.05) is 0 Å². The van der Waals surface area contributed by atoms with Gasteiger partial charge in [-0.25, -0.2) is 0 Å². The van der Waals surface area contributed by atoms with E-state index in [1.54, 1.807) is 0 Å². The van der Waals surface area contributed by atoms with Gasteiger partial charge in [0.25, 0.3) is 0 Å². The van der Waals surface area contributed by atoms with Crippen LogP contribution in [0.2, 0.25) is 0 Å². The van der Waals surface area contributed by atoms with Crippen molar-refractivity contribution in [3.05, 3.63) is 0 Å². The zero-order valence-electron chi connectivity index (χ0n) is 10.2. The summed E-state index contributed by atoms with van der Waals surface area (Å²) in [4.78, 5) is 8.26. The first kappa shape index (κ1) is 18.3. The van der Waals surface area contributed by atoms with Crippen LogP contribution in [0.4, 0.5) is 0 Å². The molecule has 0 aliphatic rings. The Morgan fingerprint density at radius 2 is 1.22 bits per heavy atom. The first-order chi connectivity index (χ1) is 8.39. The molecule has 0 saturated heterocycles. The Bertz CT molecular complexity index is 378. The molecule has 0 aromatic heterocycles. The van der Waals surface area contributed by atoms with Gasteiger partial charge in [0.1, 0.15) is 0 Å². The molecule has 18 heavy (non-hydrogen) atoms. The number of nitrogens with zero attached hydrogens (tertiary/aromatic N) is 6. The van der Waals surface area contributed by atoms with Crippen LogP contribution < -0.4 is 5.73 Å². The summed E-state index contributed by atoms with van der Waals surface area (Å²) in [5.41, 5.74) is 5.25. The van der Waals surface area contributed by atoms with Gasteiger partial charge in [0.05, 0.1) is 0 Å². The van der Waals surface area contributed by atoms with Crippen LogP contribution in [0.5, 0.6) is 0 Å². The molecule has 2 N–H and O–H groups in total. The van der Waals surface area contributed by atoms with E-state index in [0.717, 1.165) is 19.5 Å². The third-order valence-electron chi connectivity index (χ3n) is 1.60. The van der Waals surface area contributed by atoms with Gasteiger partial charge in [0.15, 0.2) is 0 Å². The molecule has 0 saturated carbocycles. The number of hydrogen-bond donors (Lipinski definition) is 1. The molecule has 0 radical (unpaired) electrons. The molecule has 0 unspecified atom stereocenters. The van der Waals surface area contributed by atoms with Gasteiger partial charge in [-0.05, 0) is 33.6 Å². The average Bonchev–Trinajstić information content (AvgIpc) is 2.42. The fourth-order valence-corrected chi connectivity index (χ4v) is 1.14. The van der Waals surface area contributed by atoms with E-state index in [9.17, 15) is 0 Å². The molecule has 0 aromatic carbocycles. The summed E-state index contributed by atoms with van der Waals surface area (Å²) in [5.74, 6) is 0. The summed E-state index contributed by atoms with van der Waals surface area (Å²) in [6.45, 7) is 1.91. The summed E-state index contributed by atoms with van der Waals surface area (Å²) in [5, 5.41) is 41.8. The Labute approximate surface area is 107 Å². The standard InChI is InChI=1S/C5H14N2.5CN.Fe/c1-7(2)5-3-4-6;5*1-2;/h3-6H2,1-2H3;;;;;;. The molecule has 8 heteroatoms. The molecule has 0 atom stereocenters. The van der Waals surface area contributed by atoms with Crippen molar-refractivity contribution in [3.8, 4) is 24.8 Å². The molecule has 0 fully saturated rings. The van der Waals surface area contributed by atoms with Gasteiger partial charge in [-0.3, -0.25) is 0 Å². The maximum absolute atomic E-state index is 8.35. The molecule has 0 aromatic rings. The Morgan fingerprint density at radius 3 is 1.28 bits per heavy atom. The first-order valence-corrected chi connectivity index (χ1v) is 7.38. The van der Waals surface area contributed by atoms with E-state index in [2.05, 4.69) is 19.0 Å². The summed E-state index contributed by atoms with van der Waals surface area (Å²) >= 11 is -4.78. The molecular weight excluding hydrogens is 274 g/mol. The van der Waals surface area contributed by atoms with Gasteiger partial charge in [-0.15, -0.1) is 0 Å². The number of nitriles is 5. The van der Waals surface area contributed by atoms with Gasteiger partial charge in [0.2, 0.25) is 0 Å². The van der Waals surface area contributed by atoms with Gasteiger partial charge in [0, 0.05) is 0 Å². The Kier molecular flexibility index (Phi) is 8.17. The molecule has 0 spiro atoms. The molecule has 0 rings (SSSR count). The van der Waals surface area contributed by atoms with Crippen molar-refractivity contribution >= 4 is 0 Å². The fraction of sp³-hybridized carbons (Fsp3) is 0.500. The summed E-state index contributed by atoms with van der Waals surface area (Å²) < 4.78 is 0. The predicted molar refractivity (Wildman–Crippen MR) is 60.3 cm³/mol. The predicted octanol–water partition coefficient (Wildman–Crippen LogP) is -0.0218. The topological polar surface area (TPSA) is 148 Å². The molecular formula is C10H14FeN7. The minimum absolute atomic E-state index is 0.804. The molecule has 7 nitrogen and oxygen atoms in total. The van der Waals surface area contributed by atoms with Crippen molar-refractivity contribution in [3.63, 3.8) is 0 Å². The second-order valence-electron chi connectivity index (χ2n) is 3.22. The quantitative estimate of drug-likeness (QED) is 0.717. The van der Waals surface area contributed by atoms with Gasteiger partial charge < -0.3 is 10.6 Å². The van der Waals surface area contributed by atoms with Crippen molar-refractivity contribution in [2.24, 2.45) is 5.73 Å². The SMILES string of the molecule is CN(C)CCCN.N#[C][Fe]([C]#N)([C]#N)([C]#N)[C]#N. The normalized spacial score (nSPS) is 10.9. The van der Waals surface area contributed by atoms with E-state index >= 15 is 0 Å². The van der Waals surface area contributed by atoms with Crippen LogP contribution in [-0.4, -0.2) is 32.1 Å². The van der Waals surface area contributed by atoms with Crippen LogP contribution in [0.15, 0.2) is 0 Å². The average molecular weight is 288 g/mol. The third-order valence-corrected chi connectivity index (χ3v) is 4.07. The van der Waals surface area contributed by atoms with Crippen LogP contribution >= 0.6 is 0 Å². The third kappa shape index (κ3) is 4.82. The van der Waals surface area contributed by atoms with Crippen LogP contribution in [0.25, 0.3) is 0 Å². The molecule has 0 aliphatic carbocycles. The van der Waals surface area contributed by atoms with E-state index in [0.29, 0.717) is 0 Å². The molecule has 0 heterocycles. The minimum atomic E-state index is -4.78. The fourth-order valence-electron chi connectivity index (χ4n) is 0.584. The van der Waals surface area contributed by atoms with Crippen molar-refractivity contribution in [2.45, 2.75) is 6.42 Å². The van der Waals surface area contributed by atoms with E-state index in [-0.39, 0.29) is 0 Å². The molecule has 0 aliphatic heterocycles. The number of nitrogens with two attached hydrogens (primary N) is 1. The first-order valence-electron chi connectivity index (χ1n) is 4.62. The van der Waals surface area contributed by atoms with E-state index in [1.165, 1.54) is 24.8 Å². The van der Waals surface area contributed by atoms with Crippen molar-refractivity contribution < 1.29 is 11.8 Å². The van der Waals surface area contributed by atoms with E-state index in [4.69, 9.17) is 32.0 Å². The van der Waals surface area contributed by atoms with Gasteiger partial charge >= 0.3 is 62.9 Å². The Hall–Kier alpha value is -2.11. The summed E-state index contributed by atoms with van der Waals surface area (Å²) in [6, 6.07) is 0. The maximum atomic E-state index is 8.35. The Balaban J connectivity index is 0. The van der Waals surface area contributed by atoms with E-state index in [1.807, 2.05) is 0 Å². The van der Waals surface area contributed by atoms with Crippen molar-refractivity contribution in [2.75, 3.05) is 27.2 Å². The van der Waals surface area contributed by atoms with Crippen LogP contribution in [0, 0.1) is 51.1 Å². The van der Waals surface area contributed by atoms with Crippen molar-refractivity contribution in [1.29, 1.82) is 26.3 Å². The molecule has 97 valence electrons.